The summed E-state index contributed by atoms with van der Waals surface area (Å²) in [6.45, 7) is 11.7. The highest BCUT2D eigenvalue weighted by Crippen LogP contribution is 2.50. The fourth-order valence-electron chi connectivity index (χ4n) is 4.04. The molecule has 2 fully saturated rings. The Morgan fingerprint density at radius 1 is 1.17 bits per heavy atom. The van der Waals surface area contributed by atoms with E-state index in [0.29, 0.717) is 5.41 Å². The van der Waals surface area contributed by atoms with Crippen LogP contribution >= 0.6 is 0 Å². The maximum atomic E-state index is 6.31. The summed E-state index contributed by atoms with van der Waals surface area (Å²) in [5.74, 6) is 0.742. The fourth-order valence-corrected chi connectivity index (χ4v) is 4.04. The zero-order chi connectivity index (χ0) is 13.4. The molecule has 0 amide bonds. The monoisotopic (exact) mass is 252 g/mol. The summed E-state index contributed by atoms with van der Waals surface area (Å²) in [5, 5.41) is 0. The van der Waals surface area contributed by atoms with Gasteiger partial charge in [0, 0.05) is 24.7 Å². The highest BCUT2D eigenvalue weighted by molar-refractivity contribution is 5.08. The first-order valence-electron chi connectivity index (χ1n) is 7.90. The molecule has 2 nitrogen and oxygen atoms in total. The fraction of sp³-hybridized carbons (Fsp3) is 1.00. The predicted octanol–water partition coefficient (Wildman–Crippen LogP) is 3.40. The highest BCUT2D eigenvalue weighted by Gasteiger charge is 2.53. The lowest BCUT2D eigenvalue weighted by molar-refractivity contribution is -0.0549. The van der Waals surface area contributed by atoms with Crippen LogP contribution in [-0.4, -0.2) is 29.6 Å². The number of hydrogen-bond acceptors (Lipinski definition) is 2. The van der Waals surface area contributed by atoms with Crippen LogP contribution in [-0.2, 0) is 0 Å². The van der Waals surface area contributed by atoms with Crippen molar-refractivity contribution in [2.45, 2.75) is 77.8 Å². The van der Waals surface area contributed by atoms with Crippen molar-refractivity contribution < 1.29 is 0 Å². The Bertz CT molecular complexity index is 281. The van der Waals surface area contributed by atoms with Crippen LogP contribution in [0.25, 0.3) is 0 Å². The Morgan fingerprint density at radius 2 is 1.78 bits per heavy atom. The maximum Gasteiger partial charge on any atom is 0.0385 e. The quantitative estimate of drug-likeness (QED) is 0.812. The molecule has 106 valence electrons. The molecule has 2 saturated carbocycles. The molecule has 0 aliphatic heterocycles. The first kappa shape index (κ1) is 14.3. The van der Waals surface area contributed by atoms with Gasteiger partial charge in [-0.15, -0.1) is 0 Å². The summed E-state index contributed by atoms with van der Waals surface area (Å²) < 4.78 is 0. The second kappa shape index (κ2) is 5.13. The minimum Gasteiger partial charge on any atom is -0.329 e. The lowest BCUT2D eigenvalue weighted by Gasteiger charge is -2.57. The van der Waals surface area contributed by atoms with Crippen molar-refractivity contribution in [2.75, 3.05) is 13.1 Å². The molecule has 2 N–H and O–H groups in total. The van der Waals surface area contributed by atoms with E-state index in [1.165, 1.54) is 45.1 Å². The lowest BCUT2D eigenvalue weighted by Crippen LogP contribution is -2.65. The van der Waals surface area contributed by atoms with Crippen LogP contribution in [0.1, 0.15) is 66.2 Å². The van der Waals surface area contributed by atoms with E-state index in [9.17, 15) is 0 Å². The van der Waals surface area contributed by atoms with Gasteiger partial charge in [-0.3, -0.25) is 4.90 Å². The molecule has 18 heavy (non-hydrogen) atoms. The maximum absolute atomic E-state index is 6.31. The van der Waals surface area contributed by atoms with E-state index in [-0.39, 0.29) is 5.54 Å². The highest BCUT2D eigenvalue weighted by atomic mass is 15.3. The molecule has 0 aromatic carbocycles. The number of rotatable bonds is 5. The third kappa shape index (κ3) is 2.46. The topological polar surface area (TPSA) is 29.3 Å². The Kier molecular flexibility index (Phi) is 4.08. The van der Waals surface area contributed by atoms with E-state index >= 15 is 0 Å². The van der Waals surface area contributed by atoms with E-state index in [1.807, 2.05) is 0 Å². The van der Waals surface area contributed by atoms with Crippen LogP contribution in [0, 0.1) is 11.3 Å². The van der Waals surface area contributed by atoms with Crippen LogP contribution in [0.4, 0.5) is 0 Å². The average molecular weight is 252 g/mol. The van der Waals surface area contributed by atoms with Crippen molar-refractivity contribution in [2.24, 2.45) is 17.1 Å². The van der Waals surface area contributed by atoms with Crippen molar-refractivity contribution in [1.82, 2.24) is 4.90 Å². The largest absolute Gasteiger partial charge is 0.329 e. The number of nitrogens with two attached hydrogens (primary N) is 1. The smallest absolute Gasteiger partial charge is 0.0385 e. The zero-order valence-corrected chi connectivity index (χ0v) is 12.8. The van der Waals surface area contributed by atoms with Crippen molar-refractivity contribution in [3.8, 4) is 0 Å². The van der Waals surface area contributed by atoms with Gasteiger partial charge in [0.15, 0.2) is 0 Å². The van der Waals surface area contributed by atoms with Gasteiger partial charge in [0.25, 0.3) is 0 Å². The van der Waals surface area contributed by atoms with Crippen molar-refractivity contribution in [3.63, 3.8) is 0 Å². The van der Waals surface area contributed by atoms with Crippen LogP contribution in [0.5, 0.6) is 0 Å². The molecule has 0 radical (unpaired) electrons. The van der Waals surface area contributed by atoms with E-state index in [4.69, 9.17) is 5.73 Å². The average Bonchev–Trinajstić information content (AvgIpc) is 3.10. The molecule has 2 aliphatic carbocycles. The molecule has 0 saturated heterocycles. The van der Waals surface area contributed by atoms with Gasteiger partial charge < -0.3 is 5.73 Å². The normalized spacial score (nSPS) is 32.2. The Hall–Kier alpha value is -0.0800. The molecule has 1 unspecified atom stereocenters. The molecule has 0 bridgehead atoms. The molecule has 0 heterocycles. The lowest BCUT2D eigenvalue weighted by atomic mass is 9.62. The molecule has 0 aromatic heterocycles. The van der Waals surface area contributed by atoms with Gasteiger partial charge in [-0.05, 0) is 37.0 Å². The summed E-state index contributed by atoms with van der Waals surface area (Å²) >= 11 is 0. The molecule has 2 heteroatoms. The van der Waals surface area contributed by atoms with Gasteiger partial charge in [0.05, 0.1) is 0 Å². The van der Waals surface area contributed by atoms with Gasteiger partial charge in [-0.2, -0.15) is 0 Å². The molecule has 0 spiro atoms. The second-order valence-electron chi connectivity index (χ2n) is 7.60. The van der Waals surface area contributed by atoms with Crippen LogP contribution in [0.3, 0.4) is 0 Å². The second-order valence-corrected chi connectivity index (χ2v) is 7.60. The minimum absolute atomic E-state index is 0.261. The molecule has 2 rings (SSSR count). The SMILES string of the molecule is CC(C)CN(C1CC1)C1(CN)CCCCC1(C)C. The van der Waals surface area contributed by atoms with E-state index < -0.39 is 0 Å². The van der Waals surface area contributed by atoms with E-state index in [1.54, 1.807) is 0 Å². The summed E-state index contributed by atoms with van der Waals surface area (Å²) in [6.07, 6.45) is 8.18. The van der Waals surface area contributed by atoms with Gasteiger partial charge in [-0.25, -0.2) is 0 Å². The summed E-state index contributed by atoms with van der Waals surface area (Å²) in [6, 6.07) is 0.827. The third-order valence-electron chi connectivity index (χ3n) is 5.34. The van der Waals surface area contributed by atoms with Crippen LogP contribution in [0.15, 0.2) is 0 Å². The van der Waals surface area contributed by atoms with E-state index in [2.05, 4.69) is 32.6 Å². The molecule has 0 aromatic rings. The van der Waals surface area contributed by atoms with E-state index in [0.717, 1.165) is 18.5 Å². The first-order chi connectivity index (χ1) is 8.43. The molecular weight excluding hydrogens is 220 g/mol. The first-order valence-corrected chi connectivity index (χ1v) is 7.90. The molecular formula is C16H32N2. The van der Waals surface area contributed by atoms with Crippen LogP contribution in [0.2, 0.25) is 0 Å². The Balaban J connectivity index is 2.26. The third-order valence-corrected chi connectivity index (χ3v) is 5.34. The number of hydrogen-bond donors (Lipinski definition) is 1. The summed E-state index contributed by atoms with van der Waals surface area (Å²) in [7, 11) is 0. The van der Waals surface area contributed by atoms with Crippen molar-refractivity contribution >= 4 is 0 Å². The Labute approximate surface area is 113 Å². The molecule has 2 aliphatic rings. The minimum atomic E-state index is 0.261. The van der Waals surface area contributed by atoms with Crippen LogP contribution < -0.4 is 5.73 Å². The molecule has 1 atom stereocenters. The summed E-state index contributed by atoms with van der Waals surface area (Å²) in [5.41, 5.74) is 6.95. The zero-order valence-electron chi connectivity index (χ0n) is 12.8. The van der Waals surface area contributed by atoms with Gasteiger partial charge in [0.1, 0.15) is 0 Å². The summed E-state index contributed by atoms with van der Waals surface area (Å²) in [4.78, 5) is 2.82. The van der Waals surface area contributed by atoms with Gasteiger partial charge >= 0.3 is 0 Å². The van der Waals surface area contributed by atoms with Crippen molar-refractivity contribution in [1.29, 1.82) is 0 Å². The predicted molar refractivity (Wildman–Crippen MR) is 78.6 cm³/mol. The van der Waals surface area contributed by atoms with Gasteiger partial charge in [-0.1, -0.05) is 40.5 Å². The Morgan fingerprint density at radius 3 is 2.22 bits per heavy atom. The van der Waals surface area contributed by atoms with Crippen molar-refractivity contribution in [3.05, 3.63) is 0 Å². The van der Waals surface area contributed by atoms with Gasteiger partial charge in [0.2, 0.25) is 0 Å². The number of nitrogens with zero attached hydrogens (tertiary/aromatic N) is 1. The standard InChI is InChI=1S/C16H32N2/c1-13(2)11-18(14-7-8-14)16(12-17)10-6-5-9-15(16,3)4/h13-14H,5-12,17H2,1-4H3.